The molecule has 0 amide bonds. The molecule has 90 valence electrons. The molecule has 0 spiro atoms. The fraction of sp³-hybridized carbons (Fsp3) is 0.538. The fourth-order valence-corrected chi connectivity index (χ4v) is 2.40. The molecular formula is C13H22N2S. The molecule has 0 aliphatic heterocycles. The highest BCUT2D eigenvalue weighted by Crippen LogP contribution is 2.18. The molecule has 0 aromatic heterocycles. The molecule has 1 aromatic rings. The lowest BCUT2D eigenvalue weighted by atomic mass is 10.1. The second kappa shape index (κ2) is 6.16. The van der Waals surface area contributed by atoms with Gasteiger partial charge >= 0.3 is 0 Å². The first-order valence-corrected chi connectivity index (χ1v) is 6.98. The zero-order valence-electron chi connectivity index (χ0n) is 10.7. The van der Waals surface area contributed by atoms with Crippen LogP contribution in [0.2, 0.25) is 0 Å². The summed E-state index contributed by atoms with van der Waals surface area (Å²) >= 11 is 1.89. The van der Waals surface area contributed by atoms with E-state index in [-0.39, 0.29) is 0 Å². The minimum atomic E-state index is 0.593. The van der Waals surface area contributed by atoms with E-state index in [9.17, 15) is 0 Å². The smallest absolute Gasteiger partial charge is 0.0346 e. The Kier molecular flexibility index (Phi) is 5.16. The second-order valence-corrected chi connectivity index (χ2v) is 5.26. The van der Waals surface area contributed by atoms with Gasteiger partial charge in [-0.1, -0.05) is 12.1 Å². The topological polar surface area (TPSA) is 29.3 Å². The number of anilines is 1. The number of nitrogens with two attached hydrogens (primary N) is 1. The first kappa shape index (κ1) is 13.4. The van der Waals surface area contributed by atoms with Crippen molar-refractivity contribution in [2.24, 2.45) is 0 Å². The van der Waals surface area contributed by atoms with E-state index < -0.39 is 0 Å². The molecule has 0 saturated heterocycles. The molecule has 1 unspecified atom stereocenters. The van der Waals surface area contributed by atoms with Crippen LogP contribution in [0.5, 0.6) is 0 Å². The second-order valence-electron chi connectivity index (χ2n) is 4.35. The summed E-state index contributed by atoms with van der Waals surface area (Å²) < 4.78 is 0. The van der Waals surface area contributed by atoms with E-state index in [1.807, 2.05) is 23.9 Å². The van der Waals surface area contributed by atoms with Gasteiger partial charge in [0, 0.05) is 24.0 Å². The minimum Gasteiger partial charge on any atom is -0.399 e. The Morgan fingerprint density at radius 1 is 1.44 bits per heavy atom. The third-order valence-corrected chi connectivity index (χ3v) is 3.88. The van der Waals surface area contributed by atoms with Crippen LogP contribution in [0, 0.1) is 6.92 Å². The number of rotatable bonds is 5. The summed E-state index contributed by atoms with van der Waals surface area (Å²) in [6.45, 7) is 5.33. The van der Waals surface area contributed by atoms with E-state index in [0.717, 1.165) is 18.0 Å². The maximum absolute atomic E-state index is 5.91. The number of nitrogen functional groups attached to an aromatic ring is 1. The van der Waals surface area contributed by atoms with E-state index in [1.165, 1.54) is 11.1 Å². The van der Waals surface area contributed by atoms with E-state index in [2.05, 4.69) is 38.1 Å². The lowest BCUT2D eigenvalue weighted by molar-refractivity contribution is 0.269. The van der Waals surface area contributed by atoms with Gasteiger partial charge in [-0.2, -0.15) is 11.8 Å². The largest absolute Gasteiger partial charge is 0.399 e. The number of thioether (sulfide) groups is 1. The van der Waals surface area contributed by atoms with Gasteiger partial charge in [0.15, 0.2) is 0 Å². The zero-order chi connectivity index (χ0) is 12.1. The quantitative estimate of drug-likeness (QED) is 0.800. The Labute approximate surface area is 103 Å². The molecule has 2 N–H and O–H groups in total. The molecule has 1 rings (SSSR count). The molecule has 0 heterocycles. The van der Waals surface area contributed by atoms with Crippen LogP contribution in [0.25, 0.3) is 0 Å². The average molecular weight is 238 g/mol. The standard InChI is InChI=1S/C13H22N2S/c1-10(9-16-4)15(3)8-12-6-5-7-13(14)11(12)2/h5-7,10H,8-9,14H2,1-4H3. The van der Waals surface area contributed by atoms with Crippen LogP contribution in [0.3, 0.4) is 0 Å². The summed E-state index contributed by atoms with van der Waals surface area (Å²) in [7, 11) is 2.17. The molecule has 16 heavy (non-hydrogen) atoms. The summed E-state index contributed by atoms with van der Waals surface area (Å²) in [6.07, 6.45) is 2.15. The molecule has 0 radical (unpaired) electrons. The van der Waals surface area contributed by atoms with Crippen LogP contribution >= 0.6 is 11.8 Å². The van der Waals surface area contributed by atoms with Crippen molar-refractivity contribution in [3.63, 3.8) is 0 Å². The van der Waals surface area contributed by atoms with E-state index in [4.69, 9.17) is 5.73 Å². The van der Waals surface area contributed by atoms with Crippen molar-refractivity contribution < 1.29 is 0 Å². The van der Waals surface area contributed by atoms with Gasteiger partial charge in [-0.15, -0.1) is 0 Å². The normalized spacial score (nSPS) is 13.1. The van der Waals surface area contributed by atoms with Crippen molar-refractivity contribution in [1.82, 2.24) is 4.90 Å². The maximum Gasteiger partial charge on any atom is 0.0346 e. The van der Waals surface area contributed by atoms with Crippen molar-refractivity contribution in [2.75, 3.05) is 24.8 Å². The number of benzene rings is 1. The van der Waals surface area contributed by atoms with Gasteiger partial charge in [-0.05, 0) is 44.3 Å². The molecule has 2 nitrogen and oxygen atoms in total. The first-order chi connectivity index (χ1) is 7.56. The average Bonchev–Trinajstić information content (AvgIpc) is 2.25. The molecule has 3 heteroatoms. The van der Waals surface area contributed by atoms with Crippen LogP contribution in [0.1, 0.15) is 18.1 Å². The number of hydrogen-bond acceptors (Lipinski definition) is 3. The predicted octanol–water partition coefficient (Wildman–Crippen LogP) is 2.76. The van der Waals surface area contributed by atoms with Gasteiger partial charge in [-0.25, -0.2) is 0 Å². The van der Waals surface area contributed by atoms with Gasteiger partial charge in [-0.3, -0.25) is 4.90 Å². The molecule has 0 bridgehead atoms. The Bertz CT molecular complexity index is 339. The third kappa shape index (κ3) is 3.42. The first-order valence-electron chi connectivity index (χ1n) is 5.59. The summed E-state index contributed by atoms with van der Waals surface area (Å²) in [5.41, 5.74) is 9.34. The highest BCUT2D eigenvalue weighted by Gasteiger charge is 2.10. The maximum atomic E-state index is 5.91. The van der Waals surface area contributed by atoms with Gasteiger partial charge in [0.2, 0.25) is 0 Å². The van der Waals surface area contributed by atoms with Crippen LogP contribution in [0.4, 0.5) is 5.69 Å². The predicted molar refractivity (Wildman–Crippen MR) is 74.9 cm³/mol. The van der Waals surface area contributed by atoms with E-state index in [0.29, 0.717) is 6.04 Å². The monoisotopic (exact) mass is 238 g/mol. The molecule has 0 aliphatic carbocycles. The van der Waals surface area contributed by atoms with Gasteiger partial charge in [0.1, 0.15) is 0 Å². The Hall–Kier alpha value is -0.670. The fourth-order valence-electron chi connectivity index (χ4n) is 1.67. The Balaban J connectivity index is 2.69. The Morgan fingerprint density at radius 2 is 2.12 bits per heavy atom. The molecular weight excluding hydrogens is 216 g/mol. The van der Waals surface area contributed by atoms with Gasteiger partial charge in [0.25, 0.3) is 0 Å². The van der Waals surface area contributed by atoms with E-state index >= 15 is 0 Å². The van der Waals surface area contributed by atoms with Gasteiger partial charge in [0.05, 0.1) is 0 Å². The highest BCUT2D eigenvalue weighted by molar-refractivity contribution is 7.98. The van der Waals surface area contributed by atoms with Crippen LogP contribution < -0.4 is 5.73 Å². The molecule has 0 fully saturated rings. The molecule has 0 aliphatic rings. The molecule has 1 atom stereocenters. The summed E-state index contributed by atoms with van der Waals surface area (Å²) in [5.74, 6) is 1.16. The van der Waals surface area contributed by atoms with Crippen molar-refractivity contribution >= 4 is 17.4 Å². The van der Waals surface area contributed by atoms with Crippen LogP contribution in [-0.2, 0) is 6.54 Å². The summed E-state index contributed by atoms with van der Waals surface area (Å²) in [4.78, 5) is 2.37. The lowest BCUT2D eigenvalue weighted by Gasteiger charge is -2.25. The van der Waals surface area contributed by atoms with Crippen molar-refractivity contribution in [3.05, 3.63) is 29.3 Å². The summed E-state index contributed by atoms with van der Waals surface area (Å²) in [6, 6.07) is 6.75. The van der Waals surface area contributed by atoms with Crippen LogP contribution in [-0.4, -0.2) is 30.0 Å². The van der Waals surface area contributed by atoms with Crippen molar-refractivity contribution in [1.29, 1.82) is 0 Å². The third-order valence-electron chi connectivity index (χ3n) is 3.07. The lowest BCUT2D eigenvalue weighted by Crippen LogP contribution is -2.30. The van der Waals surface area contributed by atoms with Crippen LogP contribution in [0.15, 0.2) is 18.2 Å². The molecule has 1 aromatic carbocycles. The SMILES string of the molecule is CSCC(C)N(C)Cc1cccc(N)c1C. The number of hydrogen-bond donors (Lipinski definition) is 1. The van der Waals surface area contributed by atoms with Gasteiger partial charge < -0.3 is 5.73 Å². The Morgan fingerprint density at radius 3 is 2.75 bits per heavy atom. The number of nitrogens with zero attached hydrogens (tertiary/aromatic N) is 1. The summed E-state index contributed by atoms with van der Waals surface area (Å²) in [5, 5.41) is 0. The zero-order valence-corrected chi connectivity index (χ0v) is 11.5. The highest BCUT2D eigenvalue weighted by atomic mass is 32.2. The van der Waals surface area contributed by atoms with Crippen molar-refractivity contribution in [3.8, 4) is 0 Å². The minimum absolute atomic E-state index is 0.593. The van der Waals surface area contributed by atoms with E-state index in [1.54, 1.807) is 0 Å². The van der Waals surface area contributed by atoms with Crippen molar-refractivity contribution in [2.45, 2.75) is 26.4 Å². The molecule has 0 saturated carbocycles.